The van der Waals surface area contributed by atoms with Gasteiger partial charge in [-0.3, -0.25) is 14.2 Å². The lowest BCUT2D eigenvalue weighted by Crippen LogP contribution is -2.34. The fourth-order valence-electron chi connectivity index (χ4n) is 5.23. The van der Waals surface area contributed by atoms with E-state index in [2.05, 4.69) is 0 Å². The number of carbonyl (C=O) groups is 1. The second-order valence-electron chi connectivity index (χ2n) is 8.36. The van der Waals surface area contributed by atoms with Crippen LogP contribution < -0.4 is 10.3 Å². The molecule has 152 valence electrons. The van der Waals surface area contributed by atoms with Crippen LogP contribution in [0.3, 0.4) is 0 Å². The van der Waals surface area contributed by atoms with E-state index in [-0.39, 0.29) is 11.3 Å². The zero-order valence-corrected chi connectivity index (χ0v) is 17.0. The summed E-state index contributed by atoms with van der Waals surface area (Å²) in [4.78, 5) is 27.5. The number of hydrogen-bond donors (Lipinski definition) is 0. The van der Waals surface area contributed by atoms with E-state index in [1.165, 1.54) is 12.1 Å². The maximum atomic E-state index is 14.4. The van der Waals surface area contributed by atoms with Gasteiger partial charge in [0.05, 0.1) is 12.8 Å². The van der Waals surface area contributed by atoms with Gasteiger partial charge in [0.15, 0.2) is 5.78 Å². The van der Waals surface area contributed by atoms with Crippen LogP contribution in [-0.4, -0.2) is 17.5 Å². The molecule has 3 aromatic carbocycles. The van der Waals surface area contributed by atoms with E-state index >= 15 is 0 Å². The monoisotopic (exact) mass is 411 g/mol. The summed E-state index contributed by atoms with van der Waals surface area (Å²) in [6.45, 7) is 1.94. The van der Waals surface area contributed by atoms with Crippen LogP contribution in [0.5, 0.6) is 5.75 Å². The van der Waals surface area contributed by atoms with Gasteiger partial charge in [-0.1, -0.05) is 23.8 Å². The Balaban J connectivity index is 1.74. The summed E-state index contributed by atoms with van der Waals surface area (Å²) in [7, 11) is 1.56. The first-order valence-corrected chi connectivity index (χ1v) is 10.1. The van der Waals surface area contributed by atoms with Gasteiger partial charge in [0.25, 0.3) is 5.56 Å². The van der Waals surface area contributed by atoms with E-state index in [1.54, 1.807) is 23.8 Å². The summed E-state index contributed by atoms with van der Waals surface area (Å²) in [6, 6.07) is 17.4. The third kappa shape index (κ3) is 2.18. The van der Waals surface area contributed by atoms with Crippen molar-refractivity contribution in [2.75, 3.05) is 7.11 Å². The second kappa shape index (κ2) is 5.91. The Morgan fingerprint density at radius 1 is 1.00 bits per heavy atom. The van der Waals surface area contributed by atoms with Crippen molar-refractivity contribution in [3.8, 4) is 11.4 Å². The lowest BCUT2D eigenvalue weighted by Gasteiger charge is -2.23. The number of Topliss-reactive ketones (excluding diaryl/α,β-unsaturated/α-hetero) is 1. The molecular weight excluding hydrogens is 393 g/mol. The molecule has 1 aliphatic heterocycles. The van der Waals surface area contributed by atoms with Crippen LogP contribution in [0.2, 0.25) is 0 Å². The summed E-state index contributed by atoms with van der Waals surface area (Å²) in [5.41, 5.74) is 2.77. The first-order valence-electron chi connectivity index (χ1n) is 10.1. The molecule has 6 rings (SSSR count). The van der Waals surface area contributed by atoms with Crippen molar-refractivity contribution in [3.05, 3.63) is 105 Å². The number of ketones is 1. The van der Waals surface area contributed by atoms with Crippen LogP contribution >= 0.6 is 0 Å². The molecule has 1 aromatic heterocycles. The number of methoxy groups -OCH3 is 1. The lowest BCUT2D eigenvalue weighted by molar-refractivity contribution is 0.0929. The third-order valence-electron chi connectivity index (χ3n) is 6.68. The molecule has 1 spiro atoms. The molecule has 1 unspecified atom stereocenters. The van der Waals surface area contributed by atoms with Gasteiger partial charge in [-0.15, -0.1) is 0 Å². The van der Waals surface area contributed by atoms with Gasteiger partial charge in [-0.25, -0.2) is 4.39 Å². The Labute approximate surface area is 177 Å². The Morgan fingerprint density at radius 3 is 2.65 bits per heavy atom. The number of benzene rings is 3. The van der Waals surface area contributed by atoms with Crippen LogP contribution in [0.1, 0.15) is 32.7 Å². The van der Waals surface area contributed by atoms with E-state index < -0.39 is 11.2 Å². The summed E-state index contributed by atoms with van der Waals surface area (Å²) < 4.78 is 21.3. The highest BCUT2D eigenvalue weighted by molar-refractivity contribution is 6.12. The predicted octanol–water partition coefficient (Wildman–Crippen LogP) is 4.49. The van der Waals surface area contributed by atoms with Crippen LogP contribution in [0, 0.1) is 12.7 Å². The van der Waals surface area contributed by atoms with Crippen molar-refractivity contribution in [2.45, 2.75) is 18.8 Å². The van der Waals surface area contributed by atoms with Crippen molar-refractivity contribution in [3.63, 3.8) is 0 Å². The average molecular weight is 411 g/mol. The Kier molecular flexibility index (Phi) is 3.45. The molecule has 4 nitrogen and oxygen atoms in total. The summed E-state index contributed by atoms with van der Waals surface area (Å²) in [6.07, 6.45) is 0.373. The minimum Gasteiger partial charge on any atom is -0.497 e. The Hall–Kier alpha value is -3.73. The number of halogens is 1. The van der Waals surface area contributed by atoms with Gasteiger partial charge in [0.1, 0.15) is 17.0 Å². The van der Waals surface area contributed by atoms with E-state index in [9.17, 15) is 14.0 Å². The van der Waals surface area contributed by atoms with Crippen LogP contribution in [0.25, 0.3) is 16.5 Å². The number of aromatic nitrogens is 1. The van der Waals surface area contributed by atoms with Gasteiger partial charge >= 0.3 is 0 Å². The molecule has 1 aliphatic carbocycles. The van der Waals surface area contributed by atoms with Gasteiger partial charge in [0.2, 0.25) is 0 Å². The molecule has 31 heavy (non-hydrogen) atoms. The molecule has 2 heterocycles. The quantitative estimate of drug-likeness (QED) is 0.464. The van der Waals surface area contributed by atoms with Gasteiger partial charge in [-0.05, 0) is 72.3 Å². The molecular formula is C26H18FNO3. The zero-order valence-electron chi connectivity index (χ0n) is 17.0. The van der Waals surface area contributed by atoms with Crippen molar-refractivity contribution < 1.29 is 13.9 Å². The first kappa shape index (κ1) is 18.1. The highest BCUT2D eigenvalue weighted by Gasteiger charge is 2.54. The third-order valence-corrected chi connectivity index (χ3v) is 6.68. The smallest absolute Gasteiger partial charge is 0.263 e. The highest BCUT2D eigenvalue weighted by Crippen LogP contribution is 2.51. The van der Waals surface area contributed by atoms with Crippen molar-refractivity contribution in [2.24, 2.45) is 0 Å². The number of fused-ring (bicyclic) bond motifs is 7. The average Bonchev–Trinajstić information content (AvgIpc) is 3.21. The number of nitrogens with zero attached hydrogens (tertiary/aromatic N) is 1. The van der Waals surface area contributed by atoms with Crippen molar-refractivity contribution >= 4 is 16.6 Å². The van der Waals surface area contributed by atoms with Crippen molar-refractivity contribution in [1.29, 1.82) is 0 Å². The Bertz CT molecular complexity index is 1520. The number of ether oxygens (including phenoxy) is 1. The molecule has 0 amide bonds. The molecule has 0 radical (unpaired) electrons. The van der Waals surface area contributed by atoms with Gasteiger partial charge in [-0.2, -0.15) is 0 Å². The number of rotatable bonds is 1. The fourth-order valence-corrected chi connectivity index (χ4v) is 5.23. The van der Waals surface area contributed by atoms with E-state index in [0.29, 0.717) is 40.1 Å². The first-order chi connectivity index (χ1) is 14.9. The number of carbonyl (C=O) groups excluding carboxylic acids is 1. The largest absolute Gasteiger partial charge is 0.497 e. The molecule has 1 atom stereocenters. The molecule has 0 N–H and O–H groups in total. The van der Waals surface area contributed by atoms with Gasteiger partial charge < -0.3 is 4.74 Å². The molecule has 2 aliphatic rings. The lowest BCUT2D eigenvalue weighted by atomic mass is 9.75. The number of aryl methyl sites for hydroxylation is 1. The minimum atomic E-state index is -1.13. The van der Waals surface area contributed by atoms with E-state index in [0.717, 1.165) is 16.5 Å². The Morgan fingerprint density at radius 2 is 1.84 bits per heavy atom. The normalized spacial score (nSPS) is 18.4. The summed E-state index contributed by atoms with van der Waals surface area (Å²) >= 11 is 0. The summed E-state index contributed by atoms with van der Waals surface area (Å²) in [5.74, 6) is 0.0269. The molecule has 5 heteroatoms. The second-order valence-corrected chi connectivity index (χ2v) is 8.36. The van der Waals surface area contributed by atoms with Crippen molar-refractivity contribution in [1.82, 2.24) is 4.57 Å². The molecule has 0 saturated heterocycles. The topological polar surface area (TPSA) is 48.3 Å². The zero-order chi connectivity index (χ0) is 21.5. The molecule has 0 bridgehead atoms. The number of hydrogen-bond acceptors (Lipinski definition) is 3. The number of pyridine rings is 1. The minimum absolute atomic E-state index is 0.134. The molecule has 4 aromatic rings. The van der Waals surface area contributed by atoms with Crippen LogP contribution in [-0.2, 0) is 11.8 Å². The summed E-state index contributed by atoms with van der Waals surface area (Å²) in [5, 5.41) is 1.36. The fraction of sp³-hybridized carbons (Fsp3) is 0.154. The maximum absolute atomic E-state index is 14.4. The molecule has 0 saturated carbocycles. The molecule has 0 fully saturated rings. The van der Waals surface area contributed by atoms with Crippen LogP contribution in [0.15, 0.2) is 65.5 Å². The van der Waals surface area contributed by atoms with Crippen LogP contribution in [0.4, 0.5) is 4.39 Å². The standard InChI is InChI=1S/C26H18FNO3/c1-14-3-4-15-10-23-26(13-16-5-7-18(31-2)12-19(16)24(26)29)21-11-17(27)6-8-22(21)28(23)25(30)20(15)9-14/h3-12H,13H2,1-2H3. The maximum Gasteiger partial charge on any atom is 0.263 e. The SMILES string of the molecule is COc1ccc2c(c1)C(=O)C1(C2)c2cc(F)ccc2-n2c1cc1ccc(C)cc1c2=O. The van der Waals surface area contributed by atoms with Gasteiger partial charge in [0, 0.05) is 16.6 Å². The predicted molar refractivity (Wildman–Crippen MR) is 116 cm³/mol. The van der Waals surface area contributed by atoms with E-state index in [1.807, 2.05) is 43.3 Å². The van der Waals surface area contributed by atoms with E-state index in [4.69, 9.17) is 4.74 Å². The highest BCUT2D eigenvalue weighted by atomic mass is 19.1.